The van der Waals surface area contributed by atoms with Gasteiger partial charge in [0.05, 0.1) is 16.6 Å². The average Bonchev–Trinajstić information content (AvgIpc) is 3.48. The highest BCUT2D eigenvalue weighted by Crippen LogP contribution is 2.33. The first kappa shape index (κ1) is 22.5. The molecule has 0 aliphatic carbocycles. The number of rotatable bonds is 5. The normalized spacial score (nSPS) is 11.1. The third-order valence-corrected chi connectivity index (χ3v) is 6.25. The number of hydrogen-bond donors (Lipinski definition) is 1. The third-order valence-electron chi connectivity index (χ3n) is 5.07. The highest BCUT2D eigenvalue weighted by molar-refractivity contribution is 9.10. The van der Waals surface area contributed by atoms with Crippen molar-refractivity contribution in [1.82, 2.24) is 4.98 Å². The van der Waals surface area contributed by atoms with Gasteiger partial charge in [0, 0.05) is 21.8 Å². The van der Waals surface area contributed by atoms with Crippen molar-refractivity contribution in [3.8, 4) is 28.5 Å². The van der Waals surface area contributed by atoms with Crippen LogP contribution >= 0.6 is 39.1 Å². The van der Waals surface area contributed by atoms with Crippen LogP contribution in [0.4, 0.5) is 5.69 Å². The Morgan fingerprint density at radius 1 is 1.00 bits per heavy atom. The molecule has 3 aromatic carbocycles. The van der Waals surface area contributed by atoms with Gasteiger partial charge in [-0.05, 0) is 82.7 Å². The number of fused-ring (bicyclic) bond motifs is 1. The van der Waals surface area contributed by atoms with Gasteiger partial charge in [-0.3, -0.25) is 4.79 Å². The Hall–Kier alpha value is -3.26. The number of nitrogens with one attached hydrogen (secondary N) is 1. The van der Waals surface area contributed by atoms with Crippen LogP contribution in [0.5, 0.6) is 5.75 Å². The fraction of sp³-hybridized carbons (Fsp3) is 0.0400. The first-order valence-electron chi connectivity index (χ1n) is 10.0. The molecule has 6 nitrogen and oxygen atoms in total. The molecule has 0 saturated heterocycles. The van der Waals surface area contributed by atoms with Gasteiger partial charge in [-0.15, -0.1) is 0 Å². The van der Waals surface area contributed by atoms with Crippen molar-refractivity contribution in [2.75, 3.05) is 12.4 Å². The Bertz CT molecular complexity index is 1540. The number of carbonyl (C=O) groups excluding carboxylic acids is 1. The minimum Gasteiger partial charge on any atom is -0.496 e. The van der Waals surface area contributed by atoms with E-state index in [2.05, 4.69) is 26.2 Å². The second-order valence-corrected chi connectivity index (χ2v) is 8.99. The Kier molecular flexibility index (Phi) is 6.08. The first-order chi connectivity index (χ1) is 16.4. The number of aromatic nitrogens is 1. The lowest BCUT2D eigenvalue weighted by Gasteiger charge is -2.03. The quantitative estimate of drug-likeness (QED) is 0.236. The minimum atomic E-state index is -0.411. The summed E-state index contributed by atoms with van der Waals surface area (Å²) in [4.78, 5) is 17.3. The van der Waals surface area contributed by atoms with E-state index in [4.69, 9.17) is 36.8 Å². The first-order valence-corrected chi connectivity index (χ1v) is 11.6. The molecule has 5 rings (SSSR count). The number of amides is 1. The number of methoxy groups -OCH3 is 1. The number of nitrogens with zero attached hydrogens (tertiary/aromatic N) is 1. The van der Waals surface area contributed by atoms with Gasteiger partial charge in [0.1, 0.15) is 17.0 Å². The maximum atomic E-state index is 12.7. The Labute approximate surface area is 212 Å². The number of carbonyl (C=O) groups is 1. The number of hydrogen-bond acceptors (Lipinski definition) is 5. The predicted octanol–water partition coefficient (Wildman–Crippen LogP) is 8.09. The Morgan fingerprint density at radius 3 is 2.65 bits per heavy atom. The summed E-state index contributed by atoms with van der Waals surface area (Å²) in [5, 5.41) is 3.81. The summed E-state index contributed by atoms with van der Waals surface area (Å²) >= 11 is 15.8. The van der Waals surface area contributed by atoms with Crippen LogP contribution in [0.25, 0.3) is 33.9 Å². The number of benzene rings is 3. The van der Waals surface area contributed by atoms with Crippen LogP contribution < -0.4 is 10.1 Å². The van der Waals surface area contributed by atoms with Crippen LogP contribution in [-0.2, 0) is 0 Å². The van der Waals surface area contributed by atoms with Gasteiger partial charge in [0.25, 0.3) is 5.91 Å². The summed E-state index contributed by atoms with van der Waals surface area (Å²) in [7, 11) is 1.60. The van der Waals surface area contributed by atoms with Crippen molar-refractivity contribution in [2.24, 2.45) is 0 Å². The Balaban J connectivity index is 1.37. The van der Waals surface area contributed by atoms with Crippen LogP contribution in [-0.4, -0.2) is 18.0 Å². The molecule has 2 heterocycles. The predicted molar refractivity (Wildman–Crippen MR) is 136 cm³/mol. The Morgan fingerprint density at radius 2 is 1.85 bits per heavy atom. The van der Waals surface area contributed by atoms with E-state index in [-0.39, 0.29) is 5.76 Å². The molecule has 170 valence electrons. The van der Waals surface area contributed by atoms with Crippen LogP contribution in [0.3, 0.4) is 0 Å². The summed E-state index contributed by atoms with van der Waals surface area (Å²) < 4.78 is 17.6. The zero-order valence-electron chi connectivity index (χ0n) is 17.6. The molecular formula is C25H15BrCl2N2O4. The molecule has 0 spiro atoms. The molecule has 0 saturated carbocycles. The summed E-state index contributed by atoms with van der Waals surface area (Å²) in [5.74, 6) is 1.33. The number of furan rings is 1. The third kappa shape index (κ3) is 4.42. The molecular weight excluding hydrogens is 543 g/mol. The molecule has 0 bridgehead atoms. The van der Waals surface area contributed by atoms with Crippen molar-refractivity contribution in [1.29, 1.82) is 0 Å². The molecule has 2 aromatic heterocycles. The highest BCUT2D eigenvalue weighted by Gasteiger charge is 2.16. The van der Waals surface area contributed by atoms with Gasteiger partial charge in [0.2, 0.25) is 5.89 Å². The van der Waals surface area contributed by atoms with Crippen molar-refractivity contribution in [3.63, 3.8) is 0 Å². The van der Waals surface area contributed by atoms with E-state index >= 15 is 0 Å². The average molecular weight is 558 g/mol. The fourth-order valence-electron chi connectivity index (χ4n) is 3.41. The van der Waals surface area contributed by atoms with Gasteiger partial charge in [-0.2, -0.15) is 0 Å². The molecule has 0 aliphatic heterocycles. The lowest BCUT2D eigenvalue weighted by molar-refractivity contribution is 0.0997. The van der Waals surface area contributed by atoms with E-state index in [0.717, 1.165) is 10.0 Å². The SMILES string of the molecule is COc1ccc(-c2nc3cc(NC(=O)c4ccc(-c5cc(Cl)ccc5Cl)o4)ccc3o2)cc1Br. The fourth-order valence-corrected chi connectivity index (χ4v) is 4.34. The van der Waals surface area contributed by atoms with E-state index in [0.29, 0.717) is 49.8 Å². The van der Waals surface area contributed by atoms with Crippen molar-refractivity contribution in [2.45, 2.75) is 0 Å². The number of oxazole rings is 1. The standard InChI is InChI=1S/C25H15BrCl2N2O4/c1-32-21-6-2-13(10-17(21)26)25-30-19-12-15(4-7-22(19)34-25)29-24(31)23-9-8-20(33-23)16-11-14(27)3-5-18(16)28/h2-12H,1H3,(H,29,31). The van der Waals surface area contributed by atoms with Crippen LogP contribution in [0.1, 0.15) is 10.6 Å². The van der Waals surface area contributed by atoms with E-state index in [9.17, 15) is 4.79 Å². The van der Waals surface area contributed by atoms with E-state index in [1.54, 1.807) is 55.6 Å². The van der Waals surface area contributed by atoms with E-state index in [1.807, 2.05) is 18.2 Å². The molecule has 0 atom stereocenters. The van der Waals surface area contributed by atoms with Crippen LogP contribution in [0, 0.1) is 0 Å². The molecule has 1 amide bonds. The van der Waals surface area contributed by atoms with E-state index in [1.165, 1.54) is 0 Å². The van der Waals surface area contributed by atoms with Gasteiger partial charge >= 0.3 is 0 Å². The summed E-state index contributed by atoms with van der Waals surface area (Å²) in [6.07, 6.45) is 0. The zero-order chi connectivity index (χ0) is 23.8. The number of halogens is 3. The molecule has 1 N–H and O–H groups in total. The molecule has 0 unspecified atom stereocenters. The van der Waals surface area contributed by atoms with E-state index < -0.39 is 5.91 Å². The molecule has 0 fully saturated rings. The van der Waals surface area contributed by atoms with Gasteiger partial charge in [-0.25, -0.2) is 4.98 Å². The summed E-state index contributed by atoms with van der Waals surface area (Å²) in [5.41, 5.74) is 3.14. The van der Waals surface area contributed by atoms with Gasteiger partial charge in [-0.1, -0.05) is 23.2 Å². The molecule has 0 aliphatic rings. The topological polar surface area (TPSA) is 77.5 Å². The maximum Gasteiger partial charge on any atom is 0.291 e. The molecule has 9 heteroatoms. The molecule has 34 heavy (non-hydrogen) atoms. The molecule has 0 radical (unpaired) electrons. The van der Waals surface area contributed by atoms with Crippen LogP contribution in [0.2, 0.25) is 10.0 Å². The van der Waals surface area contributed by atoms with Crippen molar-refractivity contribution in [3.05, 3.63) is 87.0 Å². The second-order valence-electron chi connectivity index (χ2n) is 7.29. The summed E-state index contributed by atoms with van der Waals surface area (Å²) in [6, 6.07) is 19.1. The lowest BCUT2D eigenvalue weighted by Crippen LogP contribution is -2.10. The smallest absolute Gasteiger partial charge is 0.291 e. The monoisotopic (exact) mass is 556 g/mol. The molecule has 5 aromatic rings. The number of anilines is 1. The highest BCUT2D eigenvalue weighted by atomic mass is 79.9. The minimum absolute atomic E-state index is 0.134. The number of ether oxygens (including phenoxy) is 1. The van der Waals surface area contributed by atoms with Gasteiger partial charge in [0.15, 0.2) is 11.3 Å². The summed E-state index contributed by atoms with van der Waals surface area (Å²) in [6.45, 7) is 0. The van der Waals surface area contributed by atoms with Gasteiger partial charge < -0.3 is 18.9 Å². The second kappa shape index (κ2) is 9.18. The van der Waals surface area contributed by atoms with Crippen molar-refractivity contribution >= 4 is 61.8 Å². The van der Waals surface area contributed by atoms with Crippen molar-refractivity contribution < 1.29 is 18.4 Å². The maximum absolute atomic E-state index is 12.7. The largest absolute Gasteiger partial charge is 0.496 e. The zero-order valence-corrected chi connectivity index (χ0v) is 20.7. The lowest BCUT2D eigenvalue weighted by atomic mass is 10.2. The van der Waals surface area contributed by atoms with Crippen LogP contribution in [0.15, 0.2) is 80.0 Å².